The van der Waals surface area contributed by atoms with Crippen molar-refractivity contribution in [2.24, 2.45) is 0 Å². The molecule has 0 bridgehead atoms. The van der Waals surface area contributed by atoms with Gasteiger partial charge in [0.15, 0.2) is 0 Å². The van der Waals surface area contributed by atoms with Crippen molar-refractivity contribution in [3.63, 3.8) is 0 Å². The van der Waals surface area contributed by atoms with E-state index in [0.29, 0.717) is 11.9 Å². The standard InChI is InChI=1S/C12H15N3O/c1-9(13-2)6-11-8-16-12(15-11)10-4-3-5-14-7-10/h3-5,7-9,13H,6H2,1-2H3. The summed E-state index contributed by atoms with van der Waals surface area (Å²) >= 11 is 0. The highest BCUT2D eigenvalue weighted by molar-refractivity contribution is 5.50. The molecule has 2 rings (SSSR count). The molecule has 0 saturated heterocycles. The van der Waals surface area contributed by atoms with Gasteiger partial charge >= 0.3 is 0 Å². The summed E-state index contributed by atoms with van der Waals surface area (Å²) in [5.74, 6) is 0.631. The Morgan fingerprint density at radius 3 is 3.06 bits per heavy atom. The van der Waals surface area contributed by atoms with Crippen LogP contribution in [0.2, 0.25) is 0 Å². The van der Waals surface area contributed by atoms with Gasteiger partial charge in [0.2, 0.25) is 5.89 Å². The molecule has 0 aliphatic heterocycles. The highest BCUT2D eigenvalue weighted by Gasteiger charge is 2.08. The first kappa shape index (κ1) is 10.8. The third-order valence-corrected chi connectivity index (χ3v) is 2.47. The molecular weight excluding hydrogens is 202 g/mol. The van der Waals surface area contributed by atoms with Gasteiger partial charge in [-0.2, -0.15) is 0 Å². The minimum atomic E-state index is 0.395. The second kappa shape index (κ2) is 4.90. The highest BCUT2D eigenvalue weighted by Crippen LogP contribution is 2.17. The minimum absolute atomic E-state index is 0.395. The second-order valence-electron chi connectivity index (χ2n) is 3.78. The minimum Gasteiger partial charge on any atom is -0.444 e. The zero-order chi connectivity index (χ0) is 11.4. The van der Waals surface area contributed by atoms with Crippen LogP contribution in [0, 0.1) is 0 Å². The van der Waals surface area contributed by atoms with E-state index in [9.17, 15) is 0 Å². The average Bonchev–Trinajstić information content (AvgIpc) is 2.78. The smallest absolute Gasteiger partial charge is 0.227 e. The second-order valence-corrected chi connectivity index (χ2v) is 3.78. The van der Waals surface area contributed by atoms with Crippen LogP contribution in [0.25, 0.3) is 11.5 Å². The molecule has 2 heterocycles. The maximum atomic E-state index is 5.42. The number of hydrogen-bond donors (Lipinski definition) is 1. The number of nitrogens with zero attached hydrogens (tertiary/aromatic N) is 2. The Kier molecular flexibility index (Phi) is 3.31. The summed E-state index contributed by atoms with van der Waals surface area (Å²) < 4.78 is 5.42. The van der Waals surface area contributed by atoms with E-state index in [-0.39, 0.29) is 0 Å². The van der Waals surface area contributed by atoms with Gasteiger partial charge in [-0.25, -0.2) is 4.98 Å². The summed E-state index contributed by atoms with van der Waals surface area (Å²) in [7, 11) is 1.94. The number of hydrogen-bond acceptors (Lipinski definition) is 4. The van der Waals surface area contributed by atoms with Crippen LogP contribution in [0.5, 0.6) is 0 Å². The lowest BCUT2D eigenvalue weighted by Gasteiger charge is -2.05. The van der Waals surface area contributed by atoms with E-state index < -0.39 is 0 Å². The van der Waals surface area contributed by atoms with Gasteiger partial charge in [0.05, 0.1) is 11.3 Å². The van der Waals surface area contributed by atoms with Crippen LogP contribution in [-0.2, 0) is 6.42 Å². The molecule has 84 valence electrons. The van der Waals surface area contributed by atoms with Crippen molar-refractivity contribution in [3.8, 4) is 11.5 Å². The number of oxazole rings is 1. The zero-order valence-corrected chi connectivity index (χ0v) is 9.47. The van der Waals surface area contributed by atoms with Crippen molar-refractivity contribution in [2.75, 3.05) is 7.05 Å². The average molecular weight is 217 g/mol. The summed E-state index contributed by atoms with van der Waals surface area (Å²) in [6.45, 7) is 2.11. The third-order valence-electron chi connectivity index (χ3n) is 2.47. The van der Waals surface area contributed by atoms with Gasteiger partial charge in [0.1, 0.15) is 6.26 Å². The molecule has 2 aromatic rings. The number of rotatable bonds is 4. The number of likely N-dealkylation sites (N-methyl/N-ethyl adjacent to an activating group) is 1. The molecule has 0 fully saturated rings. The van der Waals surface area contributed by atoms with Gasteiger partial charge in [-0.05, 0) is 26.1 Å². The van der Waals surface area contributed by atoms with Gasteiger partial charge in [-0.3, -0.25) is 4.98 Å². The van der Waals surface area contributed by atoms with E-state index in [2.05, 4.69) is 22.2 Å². The lowest BCUT2D eigenvalue weighted by atomic mass is 10.2. The van der Waals surface area contributed by atoms with E-state index in [1.54, 1.807) is 18.7 Å². The normalized spacial score (nSPS) is 12.6. The van der Waals surface area contributed by atoms with Crippen molar-refractivity contribution in [1.29, 1.82) is 0 Å². The molecule has 0 radical (unpaired) electrons. The maximum Gasteiger partial charge on any atom is 0.227 e. The lowest BCUT2D eigenvalue weighted by Crippen LogP contribution is -2.23. The molecule has 4 heteroatoms. The summed E-state index contributed by atoms with van der Waals surface area (Å²) in [5.41, 5.74) is 1.87. The molecule has 0 amide bonds. The first-order valence-electron chi connectivity index (χ1n) is 5.31. The van der Waals surface area contributed by atoms with Gasteiger partial charge < -0.3 is 9.73 Å². The number of pyridine rings is 1. The van der Waals surface area contributed by atoms with E-state index in [1.807, 2.05) is 19.2 Å². The molecule has 0 spiro atoms. The molecule has 16 heavy (non-hydrogen) atoms. The molecule has 0 saturated carbocycles. The van der Waals surface area contributed by atoms with Crippen LogP contribution in [0.3, 0.4) is 0 Å². The monoisotopic (exact) mass is 217 g/mol. The van der Waals surface area contributed by atoms with E-state index in [4.69, 9.17) is 4.42 Å². The van der Waals surface area contributed by atoms with Crippen LogP contribution >= 0.6 is 0 Å². The maximum absolute atomic E-state index is 5.42. The Hall–Kier alpha value is -1.68. The molecule has 1 N–H and O–H groups in total. The Morgan fingerprint density at radius 2 is 2.38 bits per heavy atom. The van der Waals surface area contributed by atoms with E-state index >= 15 is 0 Å². The summed E-state index contributed by atoms with van der Waals surface area (Å²) in [6.07, 6.45) is 6.05. The van der Waals surface area contributed by atoms with Gasteiger partial charge in [-0.1, -0.05) is 0 Å². The highest BCUT2D eigenvalue weighted by atomic mass is 16.3. The number of aromatic nitrogens is 2. The number of nitrogens with one attached hydrogen (secondary N) is 1. The van der Waals surface area contributed by atoms with E-state index in [1.165, 1.54) is 0 Å². The summed E-state index contributed by atoms with van der Waals surface area (Å²) in [5, 5.41) is 3.17. The molecule has 1 atom stereocenters. The van der Waals surface area contributed by atoms with Crippen LogP contribution < -0.4 is 5.32 Å². The topological polar surface area (TPSA) is 51.0 Å². The van der Waals surface area contributed by atoms with Crippen molar-refractivity contribution in [1.82, 2.24) is 15.3 Å². The van der Waals surface area contributed by atoms with Gasteiger partial charge in [0, 0.05) is 24.9 Å². The van der Waals surface area contributed by atoms with Crippen LogP contribution in [-0.4, -0.2) is 23.1 Å². The molecule has 4 nitrogen and oxygen atoms in total. The predicted octanol–water partition coefficient (Wildman–Crippen LogP) is 1.89. The Labute approximate surface area is 94.7 Å². The quantitative estimate of drug-likeness (QED) is 0.849. The third kappa shape index (κ3) is 2.46. The molecule has 0 aromatic carbocycles. The molecular formula is C12H15N3O. The fourth-order valence-electron chi connectivity index (χ4n) is 1.44. The van der Waals surface area contributed by atoms with Gasteiger partial charge in [0.25, 0.3) is 0 Å². The van der Waals surface area contributed by atoms with Crippen molar-refractivity contribution in [3.05, 3.63) is 36.5 Å². The first-order valence-corrected chi connectivity index (χ1v) is 5.31. The molecule has 0 aliphatic rings. The molecule has 2 aromatic heterocycles. The fraction of sp³-hybridized carbons (Fsp3) is 0.333. The van der Waals surface area contributed by atoms with Crippen LogP contribution in [0.4, 0.5) is 0 Å². The zero-order valence-electron chi connectivity index (χ0n) is 9.47. The summed E-state index contributed by atoms with van der Waals surface area (Å²) in [6, 6.07) is 4.20. The Bertz CT molecular complexity index is 439. The van der Waals surface area contributed by atoms with Crippen LogP contribution in [0.15, 0.2) is 35.2 Å². The SMILES string of the molecule is CNC(C)Cc1coc(-c2cccnc2)n1. The molecule has 0 aliphatic carbocycles. The fourth-order valence-corrected chi connectivity index (χ4v) is 1.44. The van der Waals surface area contributed by atoms with Gasteiger partial charge in [-0.15, -0.1) is 0 Å². The largest absolute Gasteiger partial charge is 0.444 e. The van der Waals surface area contributed by atoms with Crippen molar-refractivity contribution >= 4 is 0 Å². The predicted molar refractivity (Wildman–Crippen MR) is 62.0 cm³/mol. The van der Waals surface area contributed by atoms with E-state index in [0.717, 1.165) is 17.7 Å². The van der Waals surface area contributed by atoms with Crippen LogP contribution in [0.1, 0.15) is 12.6 Å². The Morgan fingerprint density at radius 1 is 1.50 bits per heavy atom. The van der Waals surface area contributed by atoms with Crippen molar-refractivity contribution < 1.29 is 4.42 Å². The summed E-state index contributed by atoms with van der Waals surface area (Å²) in [4.78, 5) is 8.46. The lowest BCUT2D eigenvalue weighted by molar-refractivity contribution is 0.564. The first-order chi connectivity index (χ1) is 7.79. The van der Waals surface area contributed by atoms with Crippen molar-refractivity contribution in [2.45, 2.75) is 19.4 Å². The molecule has 1 unspecified atom stereocenters. The Balaban J connectivity index is 2.14.